The summed E-state index contributed by atoms with van der Waals surface area (Å²) in [5.74, 6) is 1.78. The predicted molar refractivity (Wildman–Crippen MR) is 82.4 cm³/mol. The van der Waals surface area contributed by atoms with Crippen molar-refractivity contribution in [2.45, 2.75) is 32.7 Å². The Morgan fingerprint density at radius 1 is 1.27 bits per heavy atom. The Labute approximate surface area is 129 Å². The van der Waals surface area contributed by atoms with E-state index >= 15 is 0 Å². The van der Waals surface area contributed by atoms with Crippen LogP contribution in [0.4, 0.5) is 5.82 Å². The van der Waals surface area contributed by atoms with Gasteiger partial charge in [0.05, 0.1) is 12.2 Å². The summed E-state index contributed by atoms with van der Waals surface area (Å²) in [6.45, 7) is 4.42. The number of nitrogens with one attached hydrogen (secondary N) is 1. The summed E-state index contributed by atoms with van der Waals surface area (Å²) in [7, 11) is 0. The summed E-state index contributed by atoms with van der Waals surface area (Å²) in [5, 5.41) is 7.23. The van der Waals surface area contributed by atoms with Crippen molar-refractivity contribution in [2.75, 3.05) is 12.1 Å². The first kappa shape index (κ1) is 14.4. The topological polar surface area (TPSA) is 65.4 Å². The highest BCUT2D eigenvalue weighted by molar-refractivity contribution is 6.04. The zero-order valence-electron chi connectivity index (χ0n) is 12.7. The number of aromatic nitrogens is 2. The van der Waals surface area contributed by atoms with Crippen molar-refractivity contribution >= 4 is 11.7 Å². The Kier molecular flexibility index (Phi) is 4.00. The average molecular weight is 301 g/mol. The van der Waals surface area contributed by atoms with Gasteiger partial charge in [-0.15, -0.1) is 0 Å². The minimum absolute atomic E-state index is 0.189. The lowest BCUT2D eigenvalue weighted by molar-refractivity contribution is 0.102. The molecule has 0 atom stereocenters. The van der Waals surface area contributed by atoms with E-state index in [1.54, 1.807) is 24.4 Å². The Morgan fingerprint density at radius 2 is 2.05 bits per heavy atom. The molecule has 1 aliphatic heterocycles. The monoisotopic (exact) mass is 301 g/mol. The van der Waals surface area contributed by atoms with E-state index in [4.69, 9.17) is 9.47 Å². The maximum atomic E-state index is 12.4. The smallest absolute Gasteiger partial charge is 0.256 e. The predicted octanol–water partition coefficient (Wildman–Crippen LogP) is 3.23. The molecule has 1 N–H and O–H groups in total. The van der Waals surface area contributed by atoms with Crippen molar-refractivity contribution in [3.05, 3.63) is 36.0 Å². The first-order chi connectivity index (χ1) is 10.7. The number of hydrogen-bond donors (Lipinski definition) is 1. The molecule has 2 heterocycles. The van der Waals surface area contributed by atoms with Crippen LogP contribution in [0.3, 0.4) is 0 Å². The van der Waals surface area contributed by atoms with Gasteiger partial charge < -0.3 is 14.8 Å². The van der Waals surface area contributed by atoms with Gasteiger partial charge in [-0.1, -0.05) is 13.8 Å². The Balaban J connectivity index is 1.79. The zero-order valence-corrected chi connectivity index (χ0v) is 12.7. The molecule has 0 bridgehead atoms. The number of nitrogens with zero attached hydrogens (tertiary/aromatic N) is 2. The van der Waals surface area contributed by atoms with Crippen LogP contribution in [-0.2, 0) is 0 Å². The zero-order chi connectivity index (χ0) is 15.5. The van der Waals surface area contributed by atoms with Crippen LogP contribution in [0.15, 0.2) is 30.5 Å². The average Bonchev–Trinajstić information content (AvgIpc) is 3.17. The number of carbonyl (C=O) groups is 1. The maximum absolute atomic E-state index is 12.4. The standard InChI is InChI=1S/C16H19N3O3/c1-3-12(4-2)19-15(7-8-17-19)18-16(20)11-5-6-13-14(9-11)22-10-21-13/h5-9,12H,3-4,10H2,1-2H3,(H,18,20). The van der Waals surface area contributed by atoms with Gasteiger partial charge in [0.1, 0.15) is 5.82 Å². The molecule has 0 unspecified atom stereocenters. The summed E-state index contributed by atoms with van der Waals surface area (Å²) in [5.41, 5.74) is 0.529. The number of benzene rings is 1. The molecule has 0 saturated heterocycles. The second-order valence-corrected chi connectivity index (χ2v) is 5.15. The number of amides is 1. The molecule has 116 valence electrons. The SMILES string of the molecule is CCC(CC)n1nccc1NC(=O)c1ccc2c(c1)OCO2. The van der Waals surface area contributed by atoms with E-state index < -0.39 is 0 Å². The normalized spacial score (nSPS) is 12.7. The van der Waals surface area contributed by atoms with Crippen LogP contribution in [0, 0.1) is 0 Å². The van der Waals surface area contributed by atoms with Crippen molar-refractivity contribution in [3.8, 4) is 11.5 Å². The van der Waals surface area contributed by atoms with E-state index in [0.29, 0.717) is 22.9 Å². The van der Waals surface area contributed by atoms with Gasteiger partial charge in [0.2, 0.25) is 6.79 Å². The molecule has 0 saturated carbocycles. The molecule has 1 aromatic carbocycles. The van der Waals surface area contributed by atoms with Gasteiger partial charge in [-0.25, -0.2) is 4.68 Å². The summed E-state index contributed by atoms with van der Waals surface area (Å²) in [6.07, 6.45) is 3.63. The van der Waals surface area contributed by atoms with Gasteiger partial charge in [0.25, 0.3) is 5.91 Å². The van der Waals surface area contributed by atoms with Gasteiger partial charge in [0.15, 0.2) is 11.5 Å². The second-order valence-electron chi connectivity index (χ2n) is 5.15. The highest BCUT2D eigenvalue weighted by Crippen LogP contribution is 2.32. The Morgan fingerprint density at radius 3 is 2.82 bits per heavy atom. The number of hydrogen-bond acceptors (Lipinski definition) is 4. The van der Waals surface area contributed by atoms with Crippen molar-refractivity contribution in [1.82, 2.24) is 9.78 Å². The quantitative estimate of drug-likeness (QED) is 0.921. The number of anilines is 1. The van der Waals surface area contributed by atoms with Crippen LogP contribution in [-0.4, -0.2) is 22.5 Å². The highest BCUT2D eigenvalue weighted by Gasteiger charge is 2.18. The van der Waals surface area contributed by atoms with E-state index in [0.717, 1.165) is 12.8 Å². The van der Waals surface area contributed by atoms with Crippen LogP contribution in [0.1, 0.15) is 43.1 Å². The minimum atomic E-state index is -0.189. The van der Waals surface area contributed by atoms with Crippen LogP contribution < -0.4 is 14.8 Å². The van der Waals surface area contributed by atoms with Gasteiger partial charge in [-0.05, 0) is 31.0 Å². The fourth-order valence-electron chi connectivity index (χ4n) is 2.57. The van der Waals surface area contributed by atoms with Crippen LogP contribution in [0.5, 0.6) is 11.5 Å². The van der Waals surface area contributed by atoms with E-state index in [2.05, 4.69) is 24.3 Å². The maximum Gasteiger partial charge on any atom is 0.256 e. The molecule has 6 heteroatoms. The van der Waals surface area contributed by atoms with Crippen molar-refractivity contribution in [2.24, 2.45) is 0 Å². The van der Waals surface area contributed by atoms with E-state index in [1.165, 1.54) is 0 Å². The lowest BCUT2D eigenvalue weighted by Crippen LogP contribution is -2.18. The first-order valence-corrected chi connectivity index (χ1v) is 7.47. The molecular formula is C16H19N3O3. The third kappa shape index (κ3) is 2.64. The molecule has 0 fully saturated rings. The van der Waals surface area contributed by atoms with Gasteiger partial charge >= 0.3 is 0 Å². The van der Waals surface area contributed by atoms with Crippen LogP contribution in [0.2, 0.25) is 0 Å². The van der Waals surface area contributed by atoms with Crippen molar-refractivity contribution < 1.29 is 14.3 Å². The van der Waals surface area contributed by atoms with Gasteiger partial charge in [-0.2, -0.15) is 5.10 Å². The largest absolute Gasteiger partial charge is 0.454 e. The third-order valence-corrected chi connectivity index (χ3v) is 3.84. The molecule has 0 aliphatic carbocycles. The van der Waals surface area contributed by atoms with Crippen molar-refractivity contribution in [1.29, 1.82) is 0 Å². The summed E-state index contributed by atoms with van der Waals surface area (Å²) in [4.78, 5) is 12.4. The summed E-state index contributed by atoms with van der Waals surface area (Å²) in [6, 6.07) is 7.25. The molecule has 1 aliphatic rings. The number of carbonyl (C=O) groups excluding carboxylic acids is 1. The Hall–Kier alpha value is -2.50. The molecule has 0 spiro atoms. The summed E-state index contributed by atoms with van der Waals surface area (Å²) >= 11 is 0. The lowest BCUT2D eigenvalue weighted by Gasteiger charge is -2.17. The highest BCUT2D eigenvalue weighted by atomic mass is 16.7. The fourth-order valence-corrected chi connectivity index (χ4v) is 2.57. The number of rotatable bonds is 5. The third-order valence-electron chi connectivity index (χ3n) is 3.84. The summed E-state index contributed by atoms with van der Waals surface area (Å²) < 4.78 is 12.4. The molecule has 6 nitrogen and oxygen atoms in total. The van der Waals surface area contributed by atoms with E-state index in [9.17, 15) is 4.79 Å². The van der Waals surface area contributed by atoms with E-state index in [1.807, 2.05) is 10.7 Å². The molecule has 1 amide bonds. The minimum Gasteiger partial charge on any atom is -0.454 e. The fraction of sp³-hybridized carbons (Fsp3) is 0.375. The number of fused-ring (bicyclic) bond motifs is 1. The first-order valence-electron chi connectivity index (χ1n) is 7.47. The molecular weight excluding hydrogens is 282 g/mol. The van der Waals surface area contributed by atoms with Gasteiger partial charge in [0, 0.05) is 11.6 Å². The molecule has 0 radical (unpaired) electrons. The van der Waals surface area contributed by atoms with Crippen molar-refractivity contribution in [3.63, 3.8) is 0 Å². The number of ether oxygens (including phenoxy) is 2. The van der Waals surface area contributed by atoms with Crippen LogP contribution >= 0.6 is 0 Å². The van der Waals surface area contributed by atoms with Gasteiger partial charge in [-0.3, -0.25) is 4.79 Å². The van der Waals surface area contributed by atoms with Crippen LogP contribution in [0.25, 0.3) is 0 Å². The molecule has 1 aromatic heterocycles. The second kappa shape index (κ2) is 6.09. The molecule has 22 heavy (non-hydrogen) atoms. The lowest BCUT2D eigenvalue weighted by atomic mass is 10.2. The Bertz CT molecular complexity index is 677. The molecule has 3 rings (SSSR count). The van der Waals surface area contributed by atoms with E-state index in [-0.39, 0.29) is 18.7 Å². The molecule has 2 aromatic rings.